The number of rotatable bonds is 6. The molecule has 27 heavy (non-hydrogen) atoms. The van der Waals surface area contributed by atoms with Gasteiger partial charge in [-0.05, 0) is 48.9 Å². The van der Waals surface area contributed by atoms with E-state index in [1.54, 1.807) is 14.2 Å². The zero-order valence-corrected chi connectivity index (χ0v) is 16.6. The quantitative estimate of drug-likeness (QED) is 0.780. The van der Waals surface area contributed by atoms with Gasteiger partial charge in [0.15, 0.2) is 11.5 Å². The van der Waals surface area contributed by atoms with Crippen LogP contribution in [-0.4, -0.2) is 45.2 Å². The lowest BCUT2D eigenvalue weighted by Crippen LogP contribution is -2.42. The van der Waals surface area contributed by atoms with Crippen LogP contribution in [0.3, 0.4) is 0 Å². The van der Waals surface area contributed by atoms with Crippen molar-refractivity contribution in [1.29, 1.82) is 0 Å². The SMILES string of the molecule is CCC(=O)N(CC1c2cc(OC)c(OC)cc2CCN1C)c1ccccc1. The van der Waals surface area contributed by atoms with Crippen LogP contribution in [0.1, 0.15) is 30.5 Å². The summed E-state index contributed by atoms with van der Waals surface area (Å²) in [6.07, 6.45) is 1.43. The maximum atomic E-state index is 12.7. The Morgan fingerprint density at radius 3 is 2.44 bits per heavy atom. The smallest absolute Gasteiger partial charge is 0.226 e. The van der Waals surface area contributed by atoms with E-state index in [0.717, 1.165) is 30.2 Å². The van der Waals surface area contributed by atoms with Gasteiger partial charge in [-0.2, -0.15) is 0 Å². The third kappa shape index (κ3) is 3.93. The molecule has 1 aliphatic rings. The molecule has 0 radical (unpaired) electrons. The highest BCUT2D eigenvalue weighted by molar-refractivity contribution is 5.93. The second-order valence-electron chi connectivity index (χ2n) is 6.85. The second kappa shape index (κ2) is 8.44. The lowest BCUT2D eigenvalue weighted by atomic mass is 9.91. The van der Waals surface area contributed by atoms with Gasteiger partial charge in [0.1, 0.15) is 0 Å². The maximum absolute atomic E-state index is 12.7. The molecule has 0 saturated heterocycles. The minimum atomic E-state index is 0.101. The van der Waals surface area contributed by atoms with E-state index >= 15 is 0 Å². The molecule has 0 N–H and O–H groups in total. The number of nitrogens with zero attached hydrogens (tertiary/aromatic N) is 2. The highest BCUT2D eigenvalue weighted by Crippen LogP contribution is 2.38. The van der Waals surface area contributed by atoms with Gasteiger partial charge in [0, 0.05) is 25.2 Å². The number of para-hydroxylation sites is 1. The summed E-state index contributed by atoms with van der Waals surface area (Å²) in [5.41, 5.74) is 3.39. The number of carbonyl (C=O) groups is 1. The average Bonchev–Trinajstić information content (AvgIpc) is 2.72. The Bertz CT molecular complexity index is 792. The van der Waals surface area contributed by atoms with Crippen LogP contribution in [0.4, 0.5) is 5.69 Å². The molecule has 3 rings (SSSR count). The average molecular weight is 368 g/mol. The third-order valence-corrected chi connectivity index (χ3v) is 5.30. The van der Waals surface area contributed by atoms with Crippen molar-refractivity contribution in [3.8, 4) is 11.5 Å². The van der Waals surface area contributed by atoms with Crippen molar-refractivity contribution in [1.82, 2.24) is 4.90 Å². The molecule has 0 spiro atoms. The van der Waals surface area contributed by atoms with Crippen LogP contribution in [-0.2, 0) is 11.2 Å². The van der Waals surface area contributed by atoms with E-state index in [9.17, 15) is 4.79 Å². The van der Waals surface area contributed by atoms with Crippen LogP contribution in [0.2, 0.25) is 0 Å². The maximum Gasteiger partial charge on any atom is 0.226 e. The Kier molecular flexibility index (Phi) is 6.01. The van der Waals surface area contributed by atoms with E-state index in [4.69, 9.17) is 9.47 Å². The van der Waals surface area contributed by atoms with Crippen LogP contribution < -0.4 is 14.4 Å². The Hall–Kier alpha value is -2.53. The number of hydrogen-bond acceptors (Lipinski definition) is 4. The van der Waals surface area contributed by atoms with Crippen LogP contribution >= 0.6 is 0 Å². The molecule has 1 aliphatic heterocycles. The van der Waals surface area contributed by atoms with Crippen LogP contribution in [0.25, 0.3) is 0 Å². The van der Waals surface area contributed by atoms with Gasteiger partial charge >= 0.3 is 0 Å². The molecule has 144 valence electrons. The Labute approximate surface area is 161 Å². The Morgan fingerprint density at radius 1 is 1.15 bits per heavy atom. The highest BCUT2D eigenvalue weighted by atomic mass is 16.5. The highest BCUT2D eigenvalue weighted by Gasteiger charge is 2.30. The molecule has 5 heteroatoms. The Morgan fingerprint density at radius 2 is 1.81 bits per heavy atom. The third-order valence-electron chi connectivity index (χ3n) is 5.30. The van der Waals surface area contributed by atoms with Crippen LogP contribution in [0.15, 0.2) is 42.5 Å². The molecule has 0 aliphatic carbocycles. The summed E-state index contributed by atoms with van der Waals surface area (Å²) in [6, 6.07) is 14.1. The molecule has 1 amide bonds. The summed E-state index contributed by atoms with van der Waals surface area (Å²) < 4.78 is 11.0. The van der Waals surface area contributed by atoms with Crippen molar-refractivity contribution in [3.63, 3.8) is 0 Å². The molecular formula is C22H28N2O3. The fourth-order valence-corrected chi connectivity index (χ4v) is 3.71. The summed E-state index contributed by atoms with van der Waals surface area (Å²) >= 11 is 0. The number of hydrogen-bond donors (Lipinski definition) is 0. The number of benzene rings is 2. The molecule has 0 bridgehead atoms. The zero-order chi connectivity index (χ0) is 19.4. The number of carbonyl (C=O) groups excluding carboxylic acids is 1. The lowest BCUT2D eigenvalue weighted by molar-refractivity contribution is -0.118. The molecule has 1 unspecified atom stereocenters. The fraction of sp³-hybridized carbons (Fsp3) is 0.409. The minimum absolute atomic E-state index is 0.101. The first-order chi connectivity index (χ1) is 13.1. The van der Waals surface area contributed by atoms with Gasteiger partial charge in [0.25, 0.3) is 0 Å². The van der Waals surface area contributed by atoms with Gasteiger partial charge in [-0.3, -0.25) is 9.69 Å². The minimum Gasteiger partial charge on any atom is -0.493 e. The fourth-order valence-electron chi connectivity index (χ4n) is 3.71. The number of ether oxygens (including phenoxy) is 2. The number of anilines is 1. The van der Waals surface area contributed by atoms with E-state index in [1.165, 1.54) is 11.1 Å². The molecule has 2 aromatic rings. The standard InChI is InChI=1S/C22H28N2O3/c1-5-22(25)24(17-9-7-6-8-10-17)15-19-18-14-21(27-4)20(26-3)13-16(18)11-12-23(19)2/h6-10,13-14,19H,5,11-12,15H2,1-4H3. The molecule has 5 nitrogen and oxygen atoms in total. The van der Waals surface area contributed by atoms with E-state index in [0.29, 0.717) is 13.0 Å². The molecule has 2 aromatic carbocycles. The normalized spacial score (nSPS) is 16.5. The number of amides is 1. The summed E-state index contributed by atoms with van der Waals surface area (Å²) in [5.74, 6) is 1.61. The monoisotopic (exact) mass is 368 g/mol. The van der Waals surface area contributed by atoms with Crippen molar-refractivity contribution in [2.24, 2.45) is 0 Å². The van der Waals surface area contributed by atoms with Crippen LogP contribution in [0, 0.1) is 0 Å². The molecule has 0 aromatic heterocycles. The van der Waals surface area contributed by atoms with Crippen LogP contribution in [0.5, 0.6) is 11.5 Å². The number of methoxy groups -OCH3 is 2. The summed E-state index contributed by atoms with van der Waals surface area (Å²) in [7, 11) is 5.43. The zero-order valence-electron chi connectivity index (χ0n) is 16.6. The first-order valence-corrected chi connectivity index (χ1v) is 9.39. The largest absolute Gasteiger partial charge is 0.493 e. The van der Waals surface area contributed by atoms with E-state index in [-0.39, 0.29) is 11.9 Å². The predicted octanol–water partition coefficient (Wildman–Crippen LogP) is 3.68. The van der Waals surface area contributed by atoms with Gasteiger partial charge in [-0.1, -0.05) is 25.1 Å². The van der Waals surface area contributed by atoms with Gasteiger partial charge in [0.05, 0.1) is 20.3 Å². The summed E-state index contributed by atoms with van der Waals surface area (Å²) in [6.45, 7) is 3.45. The van der Waals surface area contributed by atoms with Crippen molar-refractivity contribution >= 4 is 11.6 Å². The predicted molar refractivity (Wildman–Crippen MR) is 108 cm³/mol. The van der Waals surface area contributed by atoms with Crippen molar-refractivity contribution < 1.29 is 14.3 Å². The van der Waals surface area contributed by atoms with Gasteiger partial charge in [-0.15, -0.1) is 0 Å². The first kappa shape index (κ1) is 19.2. The van der Waals surface area contributed by atoms with Crippen molar-refractivity contribution in [2.45, 2.75) is 25.8 Å². The van der Waals surface area contributed by atoms with E-state index < -0.39 is 0 Å². The molecule has 1 atom stereocenters. The van der Waals surface area contributed by atoms with Gasteiger partial charge in [-0.25, -0.2) is 0 Å². The van der Waals surface area contributed by atoms with Gasteiger partial charge in [0.2, 0.25) is 5.91 Å². The molecule has 1 heterocycles. The van der Waals surface area contributed by atoms with E-state index in [2.05, 4.69) is 24.1 Å². The Balaban J connectivity index is 1.99. The summed E-state index contributed by atoms with van der Waals surface area (Å²) in [5, 5.41) is 0. The topological polar surface area (TPSA) is 42.0 Å². The molecule has 0 saturated carbocycles. The van der Waals surface area contributed by atoms with Crippen molar-refractivity contribution in [3.05, 3.63) is 53.6 Å². The van der Waals surface area contributed by atoms with Crippen molar-refractivity contribution in [2.75, 3.05) is 39.3 Å². The molecule has 0 fully saturated rings. The first-order valence-electron chi connectivity index (χ1n) is 9.39. The number of fused-ring (bicyclic) bond motifs is 1. The lowest BCUT2D eigenvalue weighted by Gasteiger charge is -2.38. The summed E-state index contributed by atoms with van der Waals surface area (Å²) in [4.78, 5) is 16.9. The van der Waals surface area contributed by atoms with E-state index in [1.807, 2.05) is 42.2 Å². The number of likely N-dealkylation sites (N-methyl/N-ethyl adjacent to an activating group) is 1. The second-order valence-corrected chi connectivity index (χ2v) is 6.85. The van der Waals surface area contributed by atoms with Gasteiger partial charge < -0.3 is 14.4 Å². The molecular weight excluding hydrogens is 340 g/mol.